The van der Waals surface area contributed by atoms with Gasteiger partial charge in [0.1, 0.15) is 0 Å². The summed E-state index contributed by atoms with van der Waals surface area (Å²) < 4.78 is 5.49. The lowest BCUT2D eigenvalue weighted by Crippen LogP contribution is -2.45. The van der Waals surface area contributed by atoms with E-state index in [9.17, 15) is 19.8 Å². The van der Waals surface area contributed by atoms with Crippen molar-refractivity contribution < 1.29 is 24.5 Å². The molecule has 0 aliphatic carbocycles. The summed E-state index contributed by atoms with van der Waals surface area (Å²) >= 11 is 0. The van der Waals surface area contributed by atoms with Gasteiger partial charge in [0.25, 0.3) is 0 Å². The maximum Gasteiger partial charge on any atom is 0.305 e. The Bertz CT molecular complexity index is 1420. The lowest BCUT2D eigenvalue weighted by atomic mass is 10.0. The zero-order chi connectivity index (χ0) is 61.3. The van der Waals surface area contributed by atoms with Crippen molar-refractivity contribution in [3.63, 3.8) is 0 Å². The second-order valence-electron chi connectivity index (χ2n) is 26.3. The summed E-state index contributed by atoms with van der Waals surface area (Å²) in [5, 5.41) is 23.3. The molecule has 0 aliphatic heterocycles. The van der Waals surface area contributed by atoms with Crippen LogP contribution in [0.4, 0.5) is 0 Å². The van der Waals surface area contributed by atoms with Crippen LogP contribution in [0.1, 0.15) is 418 Å². The topological polar surface area (TPSA) is 95.9 Å². The molecule has 1 amide bonds. The predicted octanol–water partition coefficient (Wildman–Crippen LogP) is 25.2. The second-order valence-corrected chi connectivity index (χ2v) is 26.3. The first-order valence-corrected chi connectivity index (χ1v) is 38.4. The fraction of sp³-hybridized carbons (Fsp3) is 0.873. The van der Waals surface area contributed by atoms with Crippen molar-refractivity contribution in [1.29, 1.82) is 0 Å². The molecule has 2 atom stereocenters. The van der Waals surface area contributed by atoms with E-state index in [4.69, 9.17) is 4.74 Å². The van der Waals surface area contributed by atoms with E-state index in [0.717, 1.165) is 51.4 Å². The minimum absolute atomic E-state index is 0.00185. The van der Waals surface area contributed by atoms with Crippen molar-refractivity contribution in [2.24, 2.45) is 0 Å². The first-order valence-electron chi connectivity index (χ1n) is 38.4. The summed E-state index contributed by atoms with van der Waals surface area (Å²) in [4.78, 5) is 24.6. The SMILES string of the molecule is CCCCC/C=C\C/C=C\CCCCCCCC(=O)OCCCCCCCCCCCCCC/C=C\CCCCCCCCCCCCCCC(=O)NC(CO)C(O)/C=C/CCCCCCCCCCCCCCCCCCCCCCCCC. The molecule has 0 aromatic carbocycles. The van der Waals surface area contributed by atoms with Gasteiger partial charge in [-0.05, 0) is 89.9 Å². The van der Waals surface area contributed by atoms with Crippen LogP contribution < -0.4 is 5.32 Å². The maximum absolute atomic E-state index is 12.6. The molecule has 500 valence electrons. The molecule has 0 spiro atoms. The summed E-state index contributed by atoms with van der Waals surface area (Å²) in [6, 6.07) is -0.630. The molecule has 6 nitrogen and oxygen atoms in total. The van der Waals surface area contributed by atoms with E-state index < -0.39 is 12.1 Å². The average Bonchev–Trinajstić information content (AvgIpc) is 3.51. The van der Waals surface area contributed by atoms with Gasteiger partial charge in [-0.15, -0.1) is 0 Å². The Hall–Kier alpha value is -2.18. The minimum Gasteiger partial charge on any atom is -0.466 e. The fourth-order valence-corrected chi connectivity index (χ4v) is 12.0. The number of aliphatic hydroxyl groups is 2. The van der Waals surface area contributed by atoms with Gasteiger partial charge in [0.2, 0.25) is 5.91 Å². The van der Waals surface area contributed by atoms with E-state index >= 15 is 0 Å². The third-order valence-electron chi connectivity index (χ3n) is 17.8. The molecule has 85 heavy (non-hydrogen) atoms. The molecule has 3 N–H and O–H groups in total. The normalized spacial score (nSPS) is 12.8. The smallest absolute Gasteiger partial charge is 0.305 e. The number of carbonyl (C=O) groups excluding carboxylic acids is 2. The molecule has 0 saturated heterocycles. The maximum atomic E-state index is 12.6. The molecule has 0 saturated carbocycles. The number of hydrogen-bond donors (Lipinski definition) is 3. The van der Waals surface area contributed by atoms with Crippen LogP contribution in [0, 0.1) is 0 Å². The van der Waals surface area contributed by atoms with Crippen molar-refractivity contribution in [3.8, 4) is 0 Å². The summed E-state index contributed by atoms with van der Waals surface area (Å²) in [5.41, 5.74) is 0. The van der Waals surface area contributed by atoms with Crippen molar-refractivity contribution in [1.82, 2.24) is 5.32 Å². The van der Waals surface area contributed by atoms with Gasteiger partial charge < -0.3 is 20.3 Å². The fourth-order valence-electron chi connectivity index (χ4n) is 12.0. The van der Waals surface area contributed by atoms with E-state index in [1.165, 1.54) is 340 Å². The molecule has 0 rings (SSSR count). The molecule has 6 heteroatoms. The number of amides is 1. The van der Waals surface area contributed by atoms with Gasteiger partial charge in [-0.25, -0.2) is 0 Å². The van der Waals surface area contributed by atoms with E-state index in [2.05, 4.69) is 55.6 Å². The number of aliphatic hydroxyl groups excluding tert-OH is 2. The Morgan fingerprint density at radius 1 is 0.329 bits per heavy atom. The van der Waals surface area contributed by atoms with Crippen LogP contribution in [0.3, 0.4) is 0 Å². The first-order chi connectivity index (χ1) is 42.0. The summed E-state index contributed by atoms with van der Waals surface area (Å²) in [6.07, 6.45) is 97.9. The third kappa shape index (κ3) is 70.8. The highest BCUT2D eigenvalue weighted by Gasteiger charge is 2.18. The number of nitrogens with one attached hydrogen (secondary N) is 1. The van der Waals surface area contributed by atoms with E-state index in [1.807, 2.05) is 6.08 Å². The zero-order valence-electron chi connectivity index (χ0n) is 57.4. The Morgan fingerprint density at radius 3 is 0.929 bits per heavy atom. The minimum atomic E-state index is -0.847. The number of rotatable bonds is 72. The van der Waals surface area contributed by atoms with E-state index in [-0.39, 0.29) is 18.5 Å². The Labute approximate surface area is 531 Å². The number of carbonyl (C=O) groups is 2. The standard InChI is InChI=1S/C79H149NO5/c1-3-5-7-9-11-13-15-17-19-20-21-22-23-28-31-34-37-40-44-47-51-55-59-63-67-71-77(82)76(75-81)80-78(83)72-68-64-60-56-52-48-45-41-38-35-32-29-26-24-25-27-30-33-36-39-42-46-50-54-58-62-66-70-74-85-79(84)73-69-65-61-57-53-49-43-18-16-14-12-10-8-6-4-2/h12,14,18,24-25,43,67,71,76-77,81-82H,3-11,13,15-17,19-23,26-42,44-66,68-70,72-75H2,1-2H3,(H,80,83)/b14-12-,25-24-,43-18-,71-67+. The number of allylic oxidation sites excluding steroid dienone is 7. The number of esters is 1. The number of ether oxygens (including phenoxy) is 1. The summed E-state index contributed by atoms with van der Waals surface area (Å²) in [6.45, 7) is 4.91. The van der Waals surface area contributed by atoms with Crippen LogP contribution in [-0.4, -0.2) is 47.4 Å². The van der Waals surface area contributed by atoms with Gasteiger partial charge >= 0.3 is 5.97 Å². The van der Waals surface area contributed by atoms with Crippen LogP contribution in [-0.2, 0) is 14.3 Å². The largest absolute Gasteiger partial charge is 0.466 e. The third-order valence-corrected chi connectivity index (χ3v) is 17.8. The molecular weight excluding hydrogens is 1040 g/mol. The first kappa shape index (κ1) is 82.8. The molecule has 2 unspecified atom stereocenters. The molecule has 0 aliphatic rings. The van der Waals surface area contributed by atoms with Gasteiger partial charge in [0, 0.05) is 12.8 Å². The highest BCUT2D eigenvalue weighted by atomic mass is 16.5. The van der Waals surface area contributed by atoms with Crippen molar-refractivity contribution >= 4 is 11.9 Å². The van der Waals surface area contributed by atoms with Crippen molar-refractivity contribution in [2.45, 2.75) is 431 Å². The number of hydrogen-bond acceptors (Lipinski definition) is 5. The Balaban J connectivity index is 3.41. The molecule has 0 heterocycles. The van der Waals surface area contributed by atoms with Crippen LogP contribution in [0.5, 0.6) is 0 Å². The van der Waals surface area contributed by atoms with Gasteiger partial charge in [0.05, 0.1) is 25.4 Å². The van der Waals surface area contributed by atoms with Gasteiger partial charge in [-0.3, -0.25) is 9.59 Å². The van der Waals surface area contributed by atoms with Crippen LogP contribution >= 0.6 is 0 Å². The molecule has 0 bridgehead atoms. The molecule has 0 radical (unpaired) electrons. The molecule has 0 fully saturated rings. The van der Waals surface area contributed by atoms with E-state index in [0.29, 0.717) is 19.4 Å². The number of unbranched alkanes of at least 4 members (excludes halogenated alkanes) is 55. The summed E-state index contributed by atoms with van der Waals surface area (Å²) in [5.74, 6) is -0.0618. The van der Waals surface area contributed by atoms with Crippen molar-refractivity contribution in [2.75, 3.05) is 13.2 Å². The highest BCUT2D eigenvalue weighted by molar-refractivity contribution is 5.76. The van der Waals surface area contributed by atoms with Crippen molar-refractivity contribution in [3.05, 3.63) is 48.6 Å². The lowest BCUT2D eigenvalue weighted by Gasteiger charge is -2.20. The summed E-state index contributed by atoms with van der Waals surface area (Å²) in [7, 11) is 0. The van der Waals surface area contributed by atoms with Gasteiger partial charge in [-0.1, -0.05) is 364 Å². The molecular formula is C79H149NO5. The van der Waals surface area contributed by atoms with E-state index in [1.54, 1.807) is 6.08 Å². The monoisotopic (exact) mass is 1190 g/mol. The second kappa shape index (κ2) is 74.3. The van der Waals surface area contributed by atoms with Crippen LogP contribution in [0.2, 0.25) is 0 Å². The lowest BCUT2D eigenvalue weighted by molar-refractivity contribution is -0.143. The van der Waals surface area contributed by atoms with Gasteiger partial charge in [-0.2, -0.15) is 0 Å². The predicted molar refractivity (Wildman–Crippen MR) is 375 cm³/mol. The highest BCUT2D eigenvalue weighted by Crippen LogP contribution is 2.19. The average molecular weight is 1190 g/mol. The van der Waals surface area contributed by atoms with Crippen LogP contribution in [0.25, 0.3) is 0 Å². The molecule has 0 aromatic heterocycles. The Kier molecular flexibility index (Phi) is 72.4. The quantitative estimate of drug-likeness (QED) is 0.0320. The molecule has 0 aromatic rings. The van der Waals surface area contributed by atoms with Crippen LogP contribution in [0.15, 0.2) is 48.6 Å². The van der Waals surface area contributed by atoms with Gasteiger partial charge in [0.15, 0.2) is 0 Å². The zero-order valence-corrected chi connectivity index (χ0v) is 57.4. The Morgan fingerprint density at radius 2 is 0.588 bits per heavy atom.